The van der Waals surface area contributed by atoms with Gasteiger partial charge in [0.2, 0.25) is 11.8 Å². The van der Waals surface area contributed by atoms with Crippen LogP contribution in [0.2, 0.25) is 0 Å². The first-order valence-electron chi connectivity index (χ1n) is 8.39. The van der Waals surface area contributed by atoms with Crippen LogP contribution in [0.5, 0.6) is 0 Å². The lowest BCUT2D eigenvalue weighted by molar-refractivity contribution is -0.0393. The Morgan fingerprint density at radius 1 is 1.30 bits per heavy atom. The maximum Gasteiger partial charge on any atom is 0.230 e. The van der Waals surface area contributed by atoms with Crippen LogP contribution in [0.4, 0.5) is 0 Å². The molecule has 2 aromatic rings. The lowest BCUT2D eigenvalue weighted by atomic mass is 9.85. The van der Waals surface area contributed by atoms with Crippen LogP contribution in [-0.4, -0.2) is 50.0 Å². The quantitative estimate of drug-likeness (QED) is 0.894. The van der Waals surface area contributed by atoms with Crippen molar-refractivity contribution >= 4 is 0 Å². The van der Waals surface area contributed by atoms with Crippen molar-refractivity contribution in [1.29, 1.82) is 0 Å². The van der Waals surface area contributed by atoms with E-state index in [4.69, 9.17) is 9.15 Å². The zero-order valence-electron chi connectivity index (χ0n) is 13.4. The number of aryl methyl sites for hydroxylation is 1. The summed E-state index contributed by atoms with van der Waals surface area (Å²) in [5, 5.41) is 15.6. The van der Waals surface area contributed by atoms with E-state index in [2.05, 4.69) is 30.3 Å². The van der Waals surface area contributed by atoms with Gasteiger partial charge in [0, 0.05) is 25.4 Å². The largest absolute Gasteiger partial charge is 0.424 e. The van der Waals surface area contributed by atoms with Crippen LogP contribution in [-0.2, 0) is 17.7 Å². The maximum absolute atomic E-state index is 5.81. The van der Waals surface area contributed by atoms with Gasteiger partial charge >= 0.3 is 0 Å². The van der Waals surface area contributed by atoms with Crippen LogP contribution >= 0.6 is 0 Å². The van der Waals surface area contributed by atoms with E-state index in [0.29, 0.717) is 25.0 Å². The number of H-pyrrole nitrogens is 1. The van der Waals surface area contributed by atoms with E-state index in [-0.39, 0.29) is 6.10 Å². The summed E-state index contributed by atoms with van der Waals surface area (Å²) >= 11 is 0. The Bertz CT molecular complexity index is 650. The molecule has 8 nitrogen and oxygen atoms in total. The highest BCUT2D eigenvalue weighted by atomic mass is 16.5. The smallest absolute Gasteiger partial charge is 0.230 e. The minimum absolute atomic E-state index is 0.102. The molecule has 0 aromatic carbocycles. The second-order valence-corrected chi connectivity index (χ2v) is 6.25. The molecule has 2 aliphatic rings. The molecule has 2 aromatic heterocycles. The molecule has 1 saturated carbocycles. The predicted molar refractivity (Wildman–Crippen MR) is 80.6 cm³/mol. The Kier molecular flexibility index (Phi) is 4.09. The van der Waals surface area contributed by atoms with Crippen molar-refractivity contribution in [2.45, 2.75) is 51.2 Å². The number of ether oxygens (including phenoxy) is 1. The van der Waals surface area contributed by atoms with E-state index in [1.54, 1.807) is 0 Å². The SMILES string of the molecule is CCc1nc(C2CN(Cc3nnc(C4CCC4)o3)CCO2)n[nH]1. The summed E-state index contributed by atoms with van der Waals surface area (Å²) < 4.78 is 11.6. The second-order valence-electron chi connectivity index (χ2n) is 6.25. The number of nitrogens with one attached hydrogen (secondary N) is 1. The van der Waals surface area contributed by atoms with Crippen LogP contribution < -0.4 is 0 Å². The fourth-order valence-electron chi connectivity index (χ4n) is 2.96. The highest BCUT2D eigenvalue weighted by Gasteiger charge is 2.28. The topological polar surface area (TPSA) is 93.0 Å². The van der Waals surface area contributed by atoms with Crippen molar-refractivity contribution in [1.82, 2.24) is 30.3 Å². The summed E-state index contributed by atoms with van der Waals surface area (Å²) in [6, 6.07) is 0. The van der Waals surface area contributed by atoms with Gasteiger partial charge in [0.25, 0.3) is 0 Å². The fourth-order valence-corrected chi connectivity index (χ4v) is 2.96. The van der Waals surface area contributed by atoms with Crippen molar-refractivity contribution in [3.05, 3.63) is 23.4 Å². The standard InChI is InChI=1S/C15H22N6O2/c1-2-12-16-14(19-17-12)11-8-21(6-7-22-11)9-13-18-20-15(23-13)10-4-3-5-10/h10-11H,2-9H2,1H3,(H,16,17,19). The molecule has 1 atom stereocenters. The third-order valence-electron chi connectivity index (χ3n) is 4.62. The zero-order chi connectivity index (χ0) is 15.6. The molecule has 3 heterocycles. The van der Waals surface area contributed by atoms with E-state index < -0.39 is 0 Å². The Hall–Kier alpha value is -1.80. The first kappa shape index (κ1) is 14.8. The van der Waals surface area contributed by atoms with E-state index >= 15 is 0 Å². The lowest BCUT2D eigenvalue weighted by Gasteiger charge is -2.30. The molecule has 0 spiro atoms. The maximum atomic E-state index is 5.81. The predicted octanol–water partition coefficient (Wildman–Crippen LogP) is 1.59. The Labute approximate surface area is 134 Å². The highest BCUT2D eigenvalue weighted by molar-refractivity contribution is 4.98. The van der Waals surface area contributed by atoms with Gasteiger partial charge in [-0.1, -0.05) is 13.3 Å². The van der Waals surface area contributed by atoms with E-state index in [9.17, 15) is 0 Å². The van der Waals surface area contributed by atoms with Crippen LogP contribution in [0.25, 0.3) is 0 Å². The van der Waals surface area contributed by atoms with Crippen LogP contribution in [0.1, 0.15) is 61.6 Å². The van der Waals surface area contributed by atoms with Gasteiger partial charge in [-0.2, -0.15) is 5.10 Å². The van der Waals surface area contributed by atoms with Crippen molar-refractivity contribution in [3.63, 3.8) is 0 Å². The number of nitrogens with zero attached hydrogens (tertiary/aromatic N) is 5. The van der Waals surface area contributed by atoms with Gasteiger partial charge in [0.05, 0.1) is 13.2 Å². The van der Waals surface area contributed by atoms with Crippen LogP contribution in [0.15, 0.2) is 4.42 Å². The highest BCUT2D eigenvalue weighted by Crippen LogP contribution is 2.35. The Morgan fingerprint density at radius 2 is 2.22 bits per heavy atom. The third kappa shape index (κ3) is 3.13. The molecule has 2 fully saturated rings. The van der Waals surface area contributed by atoms with Crippen molar-refractivity contribution in [3.8, 4) is 0 Å². The first-order valence-corrected chi connectivity index (χ1v) is 8.39. The Balaban J connectivity index is 1.38. The summed E-state index contributed by atoms with van der Waals surface area (Å²) in [6.45, 7) is 4.95. The minimum Gasteiger partial charge on any atom is -0.424 e. The van der Waals surface area contributed by atoms with Crippen molar-refractivity contribution in [2.24, 2.45) is 0 Å². The number of hydrogen-bond donors (Lipinski definition) is 1. The number of rotatable bonds is 5. The summed E-state index contributed by atoms with van der Waals surface area (Å²) in [7, 11) is 0. The number of aromatic nitrogens is 5. The third-order valence-corrected chi connectivity index (χ3v) is 4.62. The summed E-state index contributed by atoms with van der Waals surface area (Å²) in [6.07, 6.45) is 4.35. The van der Waals surface area contributed by atoms with Gasteiger partial charge in [-0.3, -0.25) is 10.00 Å². The molecule has 1 N–H and O–H groups in total. The molecule has 0 amide bonds. The molecule has 1 unspecified atom stereocenters. The fraction of sp³-hybridized carbons (Fsp3) is 0.733. The van der Waals surface area contributed by atoms with Gasteiger partial charge in [-0.25, -0.2) is 4.98 Å². The van der Waals surface area contributed by atoms with Gasteiger partial charge < -0.3 is 9.15 Å². The molecular formula is C15H22N6O2. The van der Waals surface area contributed by atoms with Gasteiger partial charge in [0.15, 0.2) is 5.82 Å². The molecule has 1 aliphatic carbocycles. The molecule has 0 bridgehead atoms. The summed E-state index contributed by atoms with van der Waals surface area (Å²) in [5.74, 6) is 3.60. The van der Waals surface area contributed by atoms with Gasteiger partial charge in [-0.15, -0.1) is 10.2 Å². The monoisotopic (exact) mass is 318 g/mol. The van der Waals surface area contributed by atoms with E-state index in [1.807, 2.05) is 6.92 Å². The summed E-state index contributed by atoms with van der Waals surface area (Å²) in [5.41, 5.74) is 0. The molecular weight excluding hydrogens is 296 g/mol. The number of morpholine rings is 1. The molecule has 1 saturated heterocycles. The molecule has 4 rings (SSSR count). The molecule has 0 radical (unpaired) electrons. The molecule has 1 aliphatic heterocycles. The van der Waals surface area contributed by atoms with Crippen molar-refractivity contribution in [2.75, 3.05) is 19.7 Å². The average Bonchev–Trinajstić information content (AvgIpc) is 3.15. The number of hydrogen-bond acceptors (Lipinski definition) is 7. The molecule has 23 heavy (non-hydrogen) atoms. The average molecular weight is 318 g/mol. The minimum atomic E-state index is -0.102. The first-order chi connectivity index (χ1) is 11.3. The molecule has 124 valence electrons. The second kappa shape index (κ2) is 6.37. The number of aromatic amines is 1. The van der Waals surface area contributed by atoms with Crippen LogP contribution in [0, 0.1) is 0 Å². The zero-order valence-corrected chi connectivity index (χ0v) is 13.4. The Morgan fingerprint density at radius 3 is 2.96 bits per heavy atom. The van der Waals surface area contributed by atoms with E-state index in [0.717, 1.165) is 37.0 Å². The molecule has 8 heteroatoms. The van der Waals surface area contributed by atoms with Gasteiger partial charge in [0.1, 0.15) is 11.9 Å². The van der Waals surface area contributed by atoms with Gasteiger partial charge in [-0.05, 0) is 12.8 Å². The summed E-state index contributed by atoms with van der Waals surface area (Å²) in [4.78, 5) is 6.73. The van der Waals surface area contributed by atoms with E-state index in [1.165, 1.54) is 19.3 Å². The van der Waals surface area contributed by atoms with Crippen molar-refractivity contribution < 1.29 is 9.15 Å². The normalized spacial score (nSPS) is 23.1. The lowest BCUT2D eigenvalue weighted by Crippen LogP contribution is -2.38. The van der Waals surface area contributed by atoms with Crippen LogP contribution in [0.3, 0.4) is 0 Å².